The third-order valence-electron chi connectivity index (χ3n) is 3.68. The number of aryl methyl sites for hydroxylation is 1. The number of nitrogens with zero attached hydrogens (tertiary/aromatic N) is 2. The van der Waals surface area contributed by atoms with Gasteiger partial charge in [-0.1, -0.05) is 0 Å². The van der Waals surface area contributed by atoms with Crippen LogP contribution in [0.1, 0.15) is 23.7 Å². The van der Waals surface area contributed by atoms with Crippen LogP contribution in [-0.2, 0) is 18.0 Å². The van der Waals surface area contributed by atoms with Crippen molar-refractivity contribution in [2.75, 3.05) is 0 Å². The van der Waals surface area contributed by atoms with E-state index in [-0.39, 0.29) is 11.4 Å². The fraction of sp³-hybridized carbons (Fsp3) is 0.385. The van der Waals surface area contributed by atoms with E-state index in [1.54, 1.807) is 11.6 Å². The number of aliphatic carboxylic acids is 1. The van der Waals surface area contributed by atoms with E-state index in [1.165, 1.54) is 6.07 Å². The summed E-state index contributed by atoms with van der Waals surface area (Å²) in [4.78, 5) is 15.1. The van der Waals surface area contributed by atoms with Crippen molar-refractivity contribution in [3.63, 3.8) is 0 Å². The van der Waals surface area contributed by atoms with Crippen LogP contribution < -0.4 is 0 Å². The molecule has 0 aliphatic heterocycles. The van der Waals surface area contributed by atoms with Crippen molar-refractivity contribution < 1.29 is 23.1 Å². The van der Waals surface area contributed by atoms with Gasteiger partial charge < -0.3 is 9.67 Å². The first-order valence-corrected chi connectivity index (χ1v) is 6.05. The number of aromatic nitrogens is 2. The molecule has 2 aromatic rings. The third kappa shape index (κ3) is 1.93. The largest absolute Gasteiger partial charge is 0.481 e. The van der Waals surface area contributed by atoms with Gasteiger partial charge in [0.2, 0.25) is 0 Å². The lowest BCUT2D eigenvalue weighted by molar-refractivity contribution is -0.139. The standard InChI is InChI=1S/C13H11F3N2O2/c1-18-10-3-2-6(13(14,15)16)4-9(10)17-11(18)7-5-8(7)12(19)20/h2-4,7-8H,5H2,1H3,(H,19,20). The zero-order valence-corrected chi connectivity index (χ0v) is 10.5. The number of hydrogen-bond acceptors (Lipinski definition) is 2. The molecule has 1 aromatic heterocycles. The van der Waals surface area contributed by atoms with Crippen LogP contribution in [0.4, 0.5) is 13.2 Å². The number of carboxylic acid groups (broad SMARTS) is 1. The van der Waals surface area contributed by atoms with Crippen molar-refractivity contribution in [3.8, 4) is 0 Å². The predicted molar refractivity (Wildman–Crippen MR) is 64.2 cm³/mol. The highest BCUT2D eigenvalue weighted by atomic mass is 19.4. The van der Waals surface area contributed by atoms with Gasteiger partial charge in [0.05, 0.1) is 22.5 Å². The number of benzene rings is 1. The lowest BCUT2D eigenvalue weighted by Gasteiger charge is -2.05. The number of alkyl halides is 3. The van der Waals surface area contributed by atoms with E-state index < -0.39 is 23.6 Å². The van der Waals surface area contributed by atoms with Crippen molar-refractivity contribution in [2.45, 2.75) is 18.5 Å². The molecule has 1 saturated carbocycles. The molecule has 1 N–H and O–H groups in total. The Morgan fingerprint density at radius 2 is 2.15 bits per heavy atom. The van der Waals surface area contributed by atoms with Crippen molar-refractivity contribution in [1.82, 2.24) is 9.55 Å². The van der Waals surface area contributed by atoms with Crippen molar-refractivity contribution in [2.24, 2.45) is 13.0 Å². The van der Waals surface area contributed by atoms with Gasteiger partial charge in [-0.05, 0) is 24.6 Å². The zero-order valence-electron chi connectivity index (χ0n) is 10.5. The van der Waals surface area contributed by atoms with Crippen LogP contribution >= 0.6 is 0 Å². The maximum absolute atomic E-state index is 12.6. The van der Waals surface area contributed by atoms with Gasteiger partial charge in [0.15, 0.2) is 0 Å². The zero-order chi connectivity index (χ0) is 14.7. The fourth-order valence-electron chi connectivity index (χ4n) is 2.48. The molecule has 0 amide bonds. The summed E-state index contributed by atoms with van der Waals surface area (Å²) in [6.45, 7) is 0. The topological polar surface area (TPSA) is 55.1 Å². The van der Waals surface area contributed by atoms with E-state index in [2.05, 4.69) is 4.98 Å². The van der Waals surface area contributed by atoms with Gasteiger partial charge >= 0.3 is 12.1 Å². The second-order valence-electron chi connectivity index (χ2n) is 5.02. The summed E-state index contributed by atoms with van der Waals surface area (Å²) in [5.41, 5.74) is 0.0673. The third-order valence-corrected chi connectivity index (χ3v) is 3.68. The molecule has 1 fully saturated rings. The van der Waals surface area contributed by atoms with Crippen LogP contribution in [0.5, 0.6) is 0 Å². The lowest BCUT2D eigenvalue weighted by Crippen LogP contribution is -2.04. The van der Waals surface area contributed by atoms with Crippen LogP contribution in [0.3, 0.4) is 0 Å². The van der Waals surface area contributed by atoms with E-state index >= 15 is 0 Å². The molecule has 0 bridgehead atoms. The quantitative estimate of drug-likeness (QED) is 0.922. The van der Waals surface area contributed by atoms with Crippen LogP contribution in [0.25, 0.3) is 11.0 Å². The normalized spacial score (nSPS) is 22.2. The SMILES string of the molecule is Cn1c(C2CC2C(=O)O)nc2cc(C(F)(F)F)ccc21. The van der Waals surface area contributed by atoms with Gasteiger partial charge in [0.25, 0.3) is 0 Å². The van der Waals surface area contributed by atoms with Crippen molar-refractivity contribution >= 4 is 17.0 Å². The second-order valence-corrected chi connectivity index (χ2v) is 5.02. The molecule has 0 saturated heterocycles. The monoisotopic (exact) mass is 284 g/mol. The van der Waals surface area contributed by atoms with Gasteiger partial charge in [-0.2, -0.15) is 13.2 Å². The first kappa shape index (κ1) is 13.0. The molecule has 1 heterocycles. The highest BCUT2D eigenvalue weighted by molar-refractivity contribution is 5.79. The lowest BCUT2D eigenvalue weighted by atomic mass is 10.2. The second kappa shape index (κ2) is 3.97. The summed E-state index contributed by atoms with van der Waals surface area (Å²) in [6, 6.07) is 3.37. The van der Waals surface area contributed by atoms with E-state index in [1.807, 2.05) is 0 Å². The molecule has 2 unspecified atom stereocenters. The Bertz CT molecular complexity index is 705. The maximum Gasteiger partial charge on any atom is 0.416 e. The molecule has 1 aliphatic rings. The van der Waals surface area contributed by atoms with Gasteiger partial charge in [-0.3, -0.25) is 4.79 Å². The molecule has 7 heteroatoms. The average molecular weight is 284 g/mol. The van der Waals surface area contributed by atoms with Gasteiger partial charge in [-0.15, -0.1) is 0 Å². The Kier molecular flexibility index (Phi) is 2.57. The molecular weight excluding hydrogens is 273 g/mol. The molecule has 0 radical (unpaired) electrons. The van der Waals surface area contributed by atoms with Crippen molar-refractivity contribution in [3.05, 3.63) is 29.6 Å². The number of fused-ring (bicyclic) bond motifs is 1. The number of hydrogen-bond donors (Lipinski definition) is 1. The minimum atomic E-state index is -4.41. The first-order valence-electron chi connectivity index (χ1n) is 6.05. The molecule has 20 heavy (non-hydrogen) atoms. The summed E-state index contributed by atoms with van der Waals surface area (Å²) in [7, 11) is 1.69. The minimum Gasteiger partial charge on any atom is -0.481 e. The summed E-state index contributed by atoms with van der Waals surface area (Å²) in [5.74, 6) is -1.04. The fourth-order valence-corrected chi connectivity index (χ4v) is 2.48. The highest BCUT2D eigenvalue weighted by Gasteiger charge is 2.47. The number of carbonyl (C=O) groups is 1. The van der Waals surface area contributed by atoms with Crippen LogP contribution in [0.15, 0.2) is 18.2 Å². The van der Waals surface area contributed by atoms with E-state index in [0.717, 1.165) is 12.1 Å². The first-order chi connectivity index (χ1) is 9.29. The number of halogens is 3. The number of rotatable bonds is 2. The molecular formula is C13H11F3N2O2. The summed E-state index contributed by atoms with van der Waals surface area (Å²) < 4.78 is 39.6. The van der Waals surface area contributed by atoms with E-state index in [0.29, 0.717) is 17.8 Å². The maximum atomic E-state index is 12.6. The molecule has 3 rings (SSSR count). The molecule has 0 spiro atoms. The van der Waals surface area contributed by atoms with E-state index in [9.17, 15) is 18.0 Å². The highest BCUT2D eigenvalue weighted by Crippen LogP contribution is 2.47. The Labute approximate surface area is 111 Å². The Morgan fingerprint density at radius 1 is 1.45 bits per heavy atom. The molecule has 1 aromatic carbocycles. The number of imidazole rings is 1. The van der Waals surface area contributed by atoms with Gasteiger partial charge in [0.1, 0.15) is 5.82 Å². The molecule has 1 aliphatic carbocycles. The molecule has 106 valence electrons. The van der Waals surface area contributed by atoms with Crippen LogP contribution in [-0.4, -0.2) is 20.6 Å². The summed E-state index contributed by atoms with van der Waals surface area (Å²) in [5, 5.41) is 8.92. The average Bonchev–Trinajstić information content (AvgIpc) is 3.08. The summed E-state index contributed by atoms with van der Waals surface area (Å²) >= 11 is 0. The van der Waals surface area contributed by atoms with Gasteiger partial charge in [0, 0.05) is 13.0 Å². The smallest absolute Gasteiger partial charge is 0.416 e. The number of carboxylic acids is 1. The van der Waals surface area contributed by atoms with Gasteiger partial charge in [-0.25, -0.2) is 4.98 Å². The van der Waals surface area contributed by atoms with Crippen LogP contribution in [0, 0.1) is 5.92 Å². The Balaban J connectivity index is 2.04. The van der Waals surface area contributed by atoms with Crippen molar-refractivity contribution in [1.29, 1.82) is 0 Å². The summed E-state index contributed by atoms with van der Waals surface area (Å²) in [6.07, 6.45) is -3.92. The minimum absolute atomic E-state index is 0.209. The van der Waals surface area contributed by atoms with Crippen LogP contribution in [0.2, 0.25) is 0 Å². The Morgan fingerprint density at radius 3 is 2.70 bits per heavy atom. The predicted octanol–water partition coefficient (Wildman–Crippen LogP) is 2.78. The molecule has 4 nitrogen and oxygen atoms in total. The Hall–Kier alpha value is -2.05. The molecule has 2 atom stereocenters. The van der Waals surface area contributed by atoms with E-state index in [4.69, 9.17) is 5.11 Å².